The first-order valence-corrected chi connectivity index (χ1v) is 8.93. The lowest BCUT2D eigenvalue weighted by atomic mass is 9.89. The topological polar surface area (TPSA) is 19.0 Å². The summed E-state index contributed by atoms with van der Waals surface area (Å²) in [5, 5.41) is 1.01. The number of nitrogens with one attached hydrogen (secondary N) is 1. The molecule has 1 unspecified atom stereocenters. The number of rotatable bonds is 6. The molecule has 0 spiro atoms. The van der Waals surface area contributed by atoms with Crippen LogP contribution in [0.3, 0.4) is 0 Å². The van der Waals surface area contributed by atoms with E-state index in [1.54, 1.807) is 6.07 Å². The molecule has 0 saturated carbocycles. The molecule has 0 amide bonds. The van der Waals surface area contributed by atoms with Gasteiger partial charge in [0, 0.05) is 28.7 Å². The monoisotopic (exact) mass is 314 g/mol. The fourth-order valence-electron chi connectivity index (χ4n) is 3.81. The molecule has 1 aliphatic rings. The van der Waals surface area contributed by atoms with E-state index in [1.165, 1.54) is 49.6 Å². The summed E-state index contributed by atoms with van der Waals surface area (Å²) in [5.41, 5.74) is 3.56. The molecule has 1 aliphatic carbocycles. The maximum atomic E-state index is 13.6. The van der Waals surface area contributed by atoms with Crippen molar-refractivity contribution >= 4 is 16.5 Å². The molecule has 1 aromatic heterocycles. The van der Waals surface area contributed by atoms with E-state index in [-0.39, 0.29) is 5.82 Å². The first kappa shape index (κ1) is 16.3. The standard InChI is InChI=1S/C20H27FN2/c1-3-11-23(12-4-2)17-8-5-15(6-9-17)19-14-22-20-10-7-16(21)13-18(19)20/h5,7,10,13-14,17,22H,3-4,6,8-9,11-12H2,1-2H3. The molecule has 1 N–H and O–H groups in total. The summed E-state index contributed by atoms with van der Waals surface area (Å²) in [4.78, 5) is 5.91. The van der Waals surface area contributed by atoms with Gasteiger partial charge < -0.3 is 9.88 Å². The molecule has 2 nitrogen and oxygen atoms in total. The van der Waals surface area contributed by atoms with Gasteiger partial charge in [0.2, 0.25) is 0 Å². The highest BCUT2D eigenvalue weighted by Gasteiger charge is 2.21. The van der Waals surface area contributed by atoms with Crippen molar-refractivity contribution in [3.05, 3.63) is 41.9 Å². The highest BCUT2D eigenvalue weighted by atomic mass is 19.1. The predicted molar refractivity (Wildman–Crippen MR) is 96.0 cm³/mol. The molecule has 0 saturated heterocycles. The van der Waals surface area contributed by atoms with E-state index in [0.717, 1.165) is 23.7 Å². The molecule has 2 aromatic rings. The van der Waals surface area contributed by atoms with Crippen molar-refractivity contribution in [2.24, 2.45) is 0 Å². The number of halogens is 1. The van der Waals surface area contributed by atoms with Gasteiger partial charge in [0.15, 0.2) is 0 Å². The average molecular weight is 314 g/mol. The van der Waals surface area contributed by atoms with Gasteiger partial charge in [0.25, 0.3) is 0 Å². The fraction of sp³-hybridized carbons (Fsp3) is 0.500. The van der Waals surface area contributed by atoms with Crippen LogP contribution in [0.4, 0.5) is 4.39 Å². The van der Waals surface area contributed by atoms with Crippen molar-refractivity contribution in [2.75, 3.05) is 13.1 Å². The maximum Gasteiger partial charge on any atom is 0.123 e. The van der Waals surface area contributed by atoms with Crippen LogP contribution in [0.25, 0.3) is 16.5 Å². The normalized spacial score (nSPS) is 18.6. The summed E-state index contributed by atoms with van der Waals surface area (Å²) in [6, 6.07) is 5.65. The average Bonchev–Trinajstić information content (AvgIpc) is 2.98. The summed E-state index contributed by atoms with van der Waals surface area (Å²) in [7, 11) is 0. The van der Waals surface area contributed by atoms with Gasteiger partial charge in [0.1, 0.15) is 5.82 Å². The Morgan fingerprint density at radius 2 is 2.00 bits per heavy atom. The van der Waals surface area contributed by atoms with Crippen molar-refractivity contribution in [3.8, 4) is 0 Å². The van der Waals surface area contributed by atoms with Crippen LogP contribution in [0.5, 0.6) is 0 Å². The number of hydrogen-bond acceptors (Lipinski definition) is 1. The fourth-order valence-corrected chi connectivity index (χ4v) is 3.81. The Morgan fingerprint density at radius 1 is 1.22 bits per heavy atom. The minimum absolute atomic E-state index is 0.162. The van der Waals surface area contributed by atoms with Crippen LogP contribution >= 0.6 is 0 Å². The number of fused-ring (bicyclic) bond motifs is 1. The highest BCUT2D eigenvalue weighted by Crippen LogP contribution is 2.33. The molecule has 1 aromatic carbocycles. The van der Waals surface area contributed by atoms with Crippen molar-refractivity contribution < 1.29 is 4.39 Å². The minimum atomic E-state index is -0.162. The molecule has 124 valence electrons. The first-order chi connectivity index (χ1) is 11.2. The number of benzene rings is 1. The summed E-state index contributed by atoms with van der Waals surface area (Å²) >= 11 is 0. The summed E-state index contributed by atoms with van der Waals surface area (Å²) in [6.45, 7) is 6.90. The lowest BCUT2D eigenvalue weighted by Gasteiger charge is -2.33. The second kappa shape index (κ2) is 7.31. The molecule has 0 radical (unpaired) electrons. The molecular formula is C20H27FN2. The van der Waals surface area contributed by atoms with Crippen LogP contribution in [-0.2, 0) is 0 Å². The van der Waals surface area contributed by atoms with Gasteiger partial charge in [-0.2, -0.15) is 0 Å². The van der Waals surface area contributed by atoms with Gasteiger partial charge in [-0.15, -0.1) is 0 Å². The quantitative estimate of drug-likeness (QED) is 0.760. The number of allylic oxidation sites excluding steroid dienone is 1. The van der Waals surface area contributed by atoms with Gasteiger partial charge in [-0.3, -0.25) is 0 Å². The van der Waals surface area contributed by atoms with E-state index >= 15 is 0 Å². The molecule has 23 heavy (non-hydrogen) atoms. The highest BCUT2D eigenvalue weighted by molar-refractivity contribution is 5.92. The van der Waals surface area contributed by atoms with Crippen molar-refractivity contribution in [3.63, 3.8) is 0 Å². The minimum Gasteiger partial charge on any atom is -0.361 e. The molecule has 0 fully saturated rings. The van der Waals surface area contributed by atoms with Crippen LogP contribution < -0.4 is 0 Å². The van der Waals surface area contributed by atoms with E-state index < -0.39 is 0 Å². The van der Waals surface area contributed by atoms with Crippen LogP contribution in [-0.4, -0.2) is 29.0 Å². The predicted octanol–water partition coefficient (Wildman–Crippen LogP) is 5.36. The Bertz CT molecular complexity index is 680. The number of H-pyrrole nitrogens is 1. The Labute approximate surface area is 138 Å². The molecular weight excluding hydrogens is 287 g/mol. The number of aromatic amines is 1. The first-order valence-electron chi connectivity index (χ1n) is 8.93. The van der Waals surface area contributed by atoms with Crippen molar-refractivity contribution in [1.29, 1.82) is 0 Å². The zero-order valence-electron chi connectivity index (χ0n) is 14.2. The van der Waals surface area contributed by atoms with Gasteiger partial charge in [0.05, 0.1) is 0 Å². The molecule has 3 rings (SSSR count). The van der Waals surface area contributed by atoms with E-state index in [4.69, 9.17) is 0 Å². The van der Waals surface area contributed by atoms with Gasteiger partial charge in [-0.05, 0) is 69.0 Å². The van der Waals surface area contributed by atoms with E-state index in [9.17, 15) is 4.39 Å². The van der Waals surface area contributed by atoms with E-state index in [2.05, 4.69) is 29.8 Å². The third kappa shape index (κ3) is 3.50. The molecule has 1 atom stereocenters. The summed E-state index contributed by atoms with van der Waals surface area (Å²) in [6.07, 6.45) is 10.2. The van der Waals surface area contributed by atoms with Gasteiger partial charge >= 0.3 is 0 Å². The molecule has 3 heteroatoms. The molecule has 1 heterocycles. The zero-order chi connectivity index (χ0) is 16.2. The third-order valence-corrected chi connectivity index (χ3v) is 4.91. The van der Waals surface area contributed by atoms with Gasteiger partial charge in [-0.25, -0.2) is 4.39 Å². The van der Waals surface area contributed by atoms with Crippen LogP contribution in [0.15, 0.2) is 30.5 Å². The Kier molecular flexibility index (Phi) is 5.16. The van der Waals surface area contributed by atoms with Crippen molar-refractivity contribution in [1.82, 2.24) is 9.88 Å². The molecule has 0 aliphatic heterocycles. The van der Waals surface area contributed by atoms with Crippen LogP contribution in [0.2, 0.25) is 0 Å². The number of aromatic nitrogens is 1. The van der Waals surface area contributed by atoms with Crippen LogP contribution in [0.1, 0.15) is 51.5 Å². The lowest BCUT2D eigenvalue weighted by Crippen LogP contribution is -2.37. The zero-order valence-corrected chi connectivity index (χ0v) is 14.2. The summed E-state index contributed by atoms with van der Waals surface area (Å²) in [5.74, 6) is -0.162. The Morgan fingerprint density at radius 3 is 2.65 bits per heavy atom. The smallest absolute Gasteiger partial charge is 0.123 e. The Balaban J connectivity index is 1.79. The number of nitrogens with zero attached hydrogens (tertiary/aromatic N) is 1. The maximum absolute atomic E-state index is 13.6. The lowest BCUT2D eigenvalue weighted by molar-refractivity contribution is 0.186. The van der Waals surface area contributed by atoms with Crippen LogP contribution in [0, 0.1) is 5.82 Å². The largest absolute Gasteiger partial charge is 0.361 e. The van der Waals surface area contributed by atoms with Gasteiger partial charge in [-0.1, -0.05) is 19.9 Å². The van der Waals surface area contributed by atoms with E-state index in [0.29, 0.717) is 6.04 Å². The SMILES string of the molecule is CCCN(CCC)C1CC=C(c2c[nH]c3ccc(F)cc23)CC1. The van der Waals surface area contributed by atoms with Crippen molar-refractivity contribution in [2.45, 2.75) is 52.0 Å². The Hall–Kier alpha value is -1.61. The molecule has 0 bridgehead atoms. The summed E-state index contributed by atoms with van der Waals surface area (Å²) < 4.78 is 13.6. The second-order valence-electron chi connectivity index (χ2n) is 6.59. The van der Waals surface area contributed by atoms with E-state index in [1.807, 2.05) is 12.3 Å². The third-order valence-electron chi connectivity index (χ3n) is 4.91. The number of hydrogen-bond donors (Lipinski definition) is 1. The second-order valence-corrected chi connectivity index (χ2v) is 6.59.